The zero-order chi connectivity index (χ0) is 14.8. The highest BCUT2D eigenvalue weighted by atomic mass is 16.5. The van der Waals surface area contributed by atoms with Crippen LogP contribution in [0.3, 0.4) is 0 Å². The molecule has 1 aromatic rings. The molecule has 0 aromatic heterocycles. The highest BCUT2D eigenvalue weighted by Crippen LogP contribution is 2.28. The maximum atomic E-state index is 12.3. The zero-order valence-electron chi connectivity index (χ0n) is 12.7. The smallest absolute Gasteiger partial charge is 0.227 e. The van der Waals surface area contributed by atoms with E-state index in [2.05, 4.69) is 10.6 Å². The number of amides is 1. The minimum absolute atomic E-state index is 0.0129. The highest BCUT2D eigenvalue weighted by molar-refractivity contribution is 5.94. The van der Waals surface area contributed by atoms with Gasteiger partial charge in [0.2, 0.25) is 5.91 Å². The molecule has 2 rings (SSSR count). The normalized spacial score (nSPS) is 17.2. The zero-order valence-corrected chi connectivity index (χ0v) is 12.7. The summed E-state index contributed by atoms with van der Waals surface area (Å²) in [5.41, 5.74) is 0.455. The van der Waals surface area contributed by atoms with Crippen molar-refractivity contribution in [2.24, 2.45) is 11.8 Å². The summed E-state index contributed by atoms with van der Waals surface area (Å²) in [5, 5.41) is 6.19. The number of nitrogens with one attached hydrogen (secondary N) is 2. The summed E-state index contributed by atoms with van der Waals surface area (Å²) in [6.45, 7) is 9.81. The van der Waals surface area contributed by atoms with Crippen LogP contribution in [0.5, 0.6) is 5.75 Å². The summed E-state index contributed by atoms with van der Waals surface area (Å²) in [6, 6.07) is 7.58. The van der Waals surface area contributed by atoms with Gasteiger partial charge in [-0.3, -0.25) is 4.79 Å². The molecule has 1 atom stereocenters. The van der Waals surface area contributed by atoms with Crippen LogP contribution in [0, 0.1) is 11.8 Å². The molecule has 1 unspecified atom stereocenters. The van der Waals surface area contributed by atoms with Crippen molar-refractivity contribution in [1.82, 2.24) is 5.32 Å². The van der Waals surface area contributed by atoms with Gasteiger partial charge in [0.15, 0.2) is 0 Å². The van der Waals surface area contributed by atoms with E-state index in [0.717, 1.165) is 18.8 Å². The van der Waals surface area contributed by atoms with E-state index in [9.17, 15) is 4.79 Å². The van der Waals surface area contributed by atoms with Crippen LogP contribution in [0.1, 0.15) is 27.7 Å². The van der Waals surface area contributed by atoms with Gasteiger partial charge in [-0.2, -0.15) is 0 Å². The van der Waals surface area contributed by atoms with Crippen LogP contribution in [0.25, 0.3) is 0 Å². The summed E-state index contributed by atoms with van der Waals surface area (Å²) >= 11 is 0. The SMILES string of the molecule is CC(C(=O)Nc1ccccc1OC(C)(C)C)C1CNC1. The van der Waals surface area contributed by atoms with Gasteiger partial charge in [-0.15, -0.1) is 0 Å². The van der Waals surface area contributed by atoms with Gasteiger partial charge in [0, 0.05) is 5.92 Å². The number of para-hydroxylation sites is 2. The number of ether oxygens (including phenoxy) is 1. The molecule has 2 N–H and O–H groups in total. The van der Waals surface area contributed by atoms with E-state index in [1.165, 1.54) is 0 Å². The first-order valence-electron chi connectivity index (χ1n) is 7.16. The lowest BCUT2D eigenvalue weighted by atomic mass is 9.88. The van der Waals surface area contributed by atoms with E-state index in [-0.39, 0.29) is 17.4 Å². The van der Waals surface area contributed by atoms with Gasteiger partial charge in [-0.05, 0) is 51.9 Å². The van der Waals surface area contributed by atoms with Crippen molar-refractivity contribution in [3.63, 3.8) is 0 Å². The highest BCUT2D eigenvalue weighted by Gasteiger charge is 2.29. The van der Waals surface area contributed by atoms with Crippen LogP contribution in [0.15, 0.2) is 24.3 Å². The van der Waals surface area contributed by atoms with Gasteiger partial charge in [0.25, 0.3) is 0 Å². The Bertz CT molecular complexity index is 476. The maximum Gasteiger partial charge on any atom is 0.227 e. The third-order valence-electron chi connectivity index (χ3n) is 3.49. The van der Waals surface area contributed by atoms with Gasteiger partial charge in [0.1, 0.15) is 11.4 Å². The first-order chi connectivity index (χ1) is 9.37. The standard InChI is InChI=1S/C16H24N2O2/c1-11(12-9-17-10-12)15(19)18-13-7-5-6-8-14(13)20-16(2,3)4/h5-8,11-12,17H,9-10H2,1-4H3,(H,18,19). The molecule has 0 radical (unpaired) electrons. The van der Waals surface area contributed by atoms with E-state index in [0.29, 0.717) is 11.7 Å². The van der Waals surface area contributed by atoms with Crippen molar-refractivity contribution < 1.29 is 9.53 Å². The molecule has 1 saturated heterocycles. The fraction of sp³-hybridized carbons (Fsp3) is 0.562. The molecule has 1 aromatic carbocycles. The van der Waals surface area contributed by atoms with Gasteiger partial charge in [-0.25, -0.2) is 0 Å². The molecule has 0 bridgehead atoms. The molecule has 1 aliphatic rings. The Hall–Kier alpha value is -1.55. The molecule has 1 heterocycles. The van der Waals surface area contributed by atoms with Crippen LogP contribution in [-0.2, 0) is 4.79 Å². The number of hydrogen-bond acceptors (Lipinski definition) is 3. The van der Waals surface area contributed by atoms with E-state index in [4.69, 9.17) is 4.74 Å². The van der Waals surface area contributed by atoms with Crippen LogP contribution in [0.2, 0.25) is 0 Å². The second-order valence-electron chi connectivity index (χ2n) is 6.41. The molecular weight excluding hydrogens is 252 g/mol. The largest absolute Gasteiger partial charge is 0.486 e. The average molecular weight is 276 g/mol. The molecular formula is C16H24N2O2. The summed E-state index contributed by atoms with van der Waals surface area (Å²) < 4.78 is 5.89. The van der Waals surface area contributed by atoms with Crippen molar-refractivity contribution in [3.05, 3.63) is 24.3 Å². The van der Waals surface area contributed by atoms with Crippen LogP contribution >= 0.6 is 0 Å². The molecule has 4 heteroatoms. The van der Waals surface area contributed by atoms with Crippen molar-refractivity contribution in [1.29, 1.82) is 0 Å². The first kappa shape index (κ1) is 14.9. The Kier molecular flexibility index (Phi) is 4.33. The number of carbonyl (C=O) groups excluding carboxylic acids is 1. The third kappa shape index (κ3) is 3.73. The molecule has 0 saturated carbocycles. The monoisotopic (exact) mass is 276 g/mol. The third-order valence-corrected chi connectivity index (χ3v) is 3.49. The molecule has 0 aliphatic carbocycles. The fourth-order valence-electron chi connectivity index (χ4n) is 2.11. The van der Waals surface area contributed by atoms with E-state index in [1.807, 2.05) is 52.0 Å². The Balaban J connectivity index is 2.06. The average Bonchev–Trinajstić information content (AvgIpc) is 2.27. The molecule has 1 amide bonds. The number of hydrogen-bond donors (Lipinski definition) is 2. The second kappa shape index (κ2) is 5.83. The Morgan fingerprint density at radius 2 is 2.00 bits per heavy atom. The van der Waals surface area contributed by atoms with Gasteiger partial charge in [-0.1, -0.05) is 19.1 Å². The van der Waals surface area contributed by atoms with Crippen molar-refractivity contribution in [3.8, 4) is 5.75 Å². The van der Waals surface area contributed by atoms with Crippen molar-refractivity contribution in [2.45, 2.75) is 33.3 Å². The van der Waals surface area contributed by atoms with Gasteiger partial charge >= 0.3 is 0 Å². The summed E-state index contributed by atoms with van der Waals surface area (Å²) in [5.74, 6) is 1.22. The lowest BCUT2D eigenvalue weighted by molar-refractivity contribution is -0.121. The molecule has 110 valence electrons. The summed E-state index contributed by atoms with van der Waals surface area (Å²) in [4.78, 5) is 12.3. The maximum absolute atomic E-state index is 12.3. The summed E-state index contributed by atoms with van der Waals surface area (Å²) in [6.07, 6.45) is 0. The Labute approximate surface area is 120 Å². The number of benzene rings is 1. The molecule has 1 fully saturated rings. The van der Waals surface area contributed by atoms with E-state index < -0.39 is 0 Å². The van der Waals surface area contributed by atoms with E-state index in [1.54, 1.807) is 0 Å². The Morgan fingerprint density at radius 1 is 1.35 bits per heavy atom. The predicted octanol–water partition coefficient (Wildman–Crippen LogP) is 2.66. The number of anilines is 1. The van der Waals surface area contributed by atoms with Gasteiger partial charge < -0.3 is 15.4 Å². The fourth-order valence-corrected chi connectivity index (χ4v) is 2.11. The Morgan fingerprint density at radius 3 is 2.55 bits per heavy atom. The lowest BCUT2D eigenvalue weighted by Gasteiger charge is -2.32. The minimum atomic E-state index is -0.287. The van der Waals surface area contributed by atoms with Gasteiger partial charge in [0.05, 0.1) is 5.69 Å². The van der Waals surface area contributed by atoms with Crippen LogP contribution in [-0.4, -0.2) is 24.6 Å². The number of carbonyl (C=O) groups is 1. The topological polar surface area (TPSA) is 50.4 Å². The molecule has 20 heavy (non-hydrogen) atoms. The number of rotatable bonds is 4. The molecule has 1 aliphatic heterocycles. The van der Waals surface area contributed by atoms with Crippen molar-refractivity contribution >= 4 is 11.6 Å². The second-order valence-corrected chi connectivity index (χ2v) is 6.41. The van der Waals surface area contributed by atoms with Crippen LogP contribution in [0.4, 0.5) is 5.69 Å². The summed E-state index contributed by atoms with van der Waals surface area (Å²) in [7, 11) is 0. The predicted molar refractivity (Wildman–Crippen MR) is 81.0 cm³/mol. The molecule has 0 spiro atoms. The quantitative estimate of drug-likeness (QED) is 0.889. The first-order valence-corrected chi connectivity index (χ1v) is 7.16. The van der Waals surface area contributed by atoms with Crippen LogP contribution < -0.4 is 15.4 Å². The van der Waals surface area contributed by atoms with Crippen molar-refractivity contribution in [2.75, 3.05) is 18.4 Å². The van der Waals surface area contributed by atoms with E-state index >= 15 is 0 Å². The molecule has 4 nitrogen and oxygen atoms in total. The lowest BCUT2D eigenvalue weighted by Crippen LogP contribution is -2.48. The minimum Gasteiger partial charge on any atom is -0.486 e.